The van der Waals surface area contributed by atoms with Gasteiger partial charge in [0, 0.05) is 5.56 Å². The fraction of sp³-hybridized carbons (Fsp3) is 0.222. The van der Waals surface area contributed by atoms with Gasteiger partial charge in [-0.2, -0.15) is 5.26 Å². The van der Waals surface area contributed by atoms with Crippen LogP contribution in [0.5, 0.6) is 11.5 Å². The molecule has 0 radical (unpaired) electrons. The molecule has 23 heavy (non-hydrogen) atoms. The number of rotatable bonds is 6. The third-order valence-electron chi connectivity index (χ3n) is 3.34. The molecule has 0 fully saturated rings. The number of nitriles is 1. The van der Waals surface area contributed by atoms with Crippen LogP contribution in [0.1, 0.15) is 24.1 Å². The first-order valence-electron chi connectivity index (χ1n) is 7.19. The number of hydrogen-bond acceptors (Lipinski definition) is 4. The van der Waals surface area contributed by atoms with Gasteiger partial charge in [-0.25, -0.2) is 0 Å². The number of nitrogens with zero attached hydrogens (tertiary/aromatic N) is 1. The van der Waals surface area contributed by atoms with Crippen LogP contribution in [0, 0.1) is 11.3 Å². The van der Waals surface area contributed by atoms with Gasteiger partial charge in [0.1, 0.15) is 11.5 Å². The Morgan fingerprint density at radius 2 is 1.91 bits per heavy atom. The molecule has 1 unspecified atom stereocenters. The molecule has 0 aromatic heterocycles. The summed E-state index contributed by atoms with van der Waals surface area (Å²) in [6.45, 7) is 1.79. The van der Waals surface area contributed by atoms with E-state index in [0.29, 0.717) is 11.3 Å². The third-order valence-corrected chi connectivity index (χ3v) is 3.34. The summed E-state index contributed by atoms with van der Waals surface area (Å²) in [5.74, 6) is 1.05. The number of benzene rings is 2. The lowest BCUT2D eigenvalue weighted by atomic mass is 10.1. The molecule has 1 atom stereocenters. The van der Waals surface area contributed by atoms with Crippen molar-refractivity contribution >= 4 is 5.91 Å². The van der Waals surface area contributed by atoms with Gasteiger partial charge in [0.15, 0.2) is 6.61 Å². The molecule has 0 heterocycles. The number of ether oxygens (including phenoxy) is 2. The smallest absolute Gasteiger partial charge is 0.258 e. The van der Waals surface area contributed by atoms with Crippen LogP contribution >= 0.6 is 0 Å². The molecule has 1 amide bonds. The summed E-state index contributed by atoms with van der Waals surface area (Å²) in [7, 11) is 1.60. The number of para-hydroxylation sites is 1. The molecule has 0 saturated carbocycles. The van der Waals surface area contributed by atoms with Gasteiger partial charge in [0.2, 0.25) is 0 Å². The van der Waals surface area contributed by atoms with E-state index < -0.39 is 0 Å². The molecule has 1 N–H and O–H groups in total. The second-order valence-corrected chi connectivity index (χ2v) is 4.96. The quantitative estimate of drug-likeness (QED) is 0.890. The largest absolute Gasteiger partial charge is 0.496 e. The van der Waals surface area contributed by atoms with Gasteiger partial charge in [0.05, 0.1) is 24.8 Å². The average molecular weight is 310 g/mol. The normalized spacial score (nSPS) is 11.2. The van der Waals surface area contributed by atoms with Crippen molar-refractivity contribution in [2.75, 3.05) is 13.7 Å². The molecule has 118 valence electrons. The topological polar surface area (TPSA) is 71.3 Å². The van der Waals surface area contributed by atoms with Crippen molar-refractivity contribution in [3.63, 3.8) is 0 Å². The molecule has 0 aliphatic carbocycles. The minimum atomic E-state index is -0.229. The Labute approximate surface area is 135 Å². The van der Waals surface area contributed by atoms with E-state index in [9.17, 15) is 4.79 Å². The molecule has 0 bridgehead atoms. The summed E-state index contributed by atoms with van der Waals surface area (Å²) in [5.41, 5.74) is 1.45. The average Bonchev–Trinajstić information content (AvgIpc) is 2.60. The van der Waals surface area contributed by atoms with Gasteiger partial charge >= 0.3 is 0 Å². The summed E-state index contributed by atoms with van der Waals surface area (Å²) in [6, 6.07) is 16.0. The van der Waals surface area contributed by atoms with E-state index in [1.807, 2.05) is 37.3 Å². The predicted octanol–water partition coefficient (Wildman–Crippen LogP) is 2.82. The maximum atomic E-state index is 12.0. The van der Waals surface area contributed by atoms with Gasteiger partial charge in [-0.05, 0) is 37.3 Å². The van der Waals surface area contributed by atoms with E-state index in [1.165, 1.54) is 0 Å². The van der Waals surface area contributed by atoms with E-state index in [1.54, 1.807) is 31.4 Å². The van der Waals surface area contributed by atoms with Gasteiger partial charge in [-0.3, -0.25) is 4.79 Å². The van der Waals surface area contributed by atoms with E-state index in [0.717, 1.165) is 11.3 Å². The lowest BCUT2D eigenvalue weighted by molar-refractivity contribution is -0.123. The van der Waals surface area contributed by atoms with Crippen molar-refractivity contribution in [3.8, 4) is 17.6 Å². The minimum Gasteiger partial charge on any atom is -0.496 e. The zero-order valence-corrected chi connectivity index (χ0v) is 13.1. The lowest BCUT2D eigenvalue weighted by Gasteiger charge is -2.17. The van der Waals surface area contributed by atoms with Gasteiger partial charge < -0.3 is 14.8 Å². The second kappa shape index (κ2) is 7.85. The first-order valence-corrected chi connectivity index (χ1v) is 7.19. The molecule has 0 saturated heterocycles. The highest BCUT2D eigenvalue weighted by atomic mass is 16.5. The van der Waals surface area contributed by atoms with Gasteiger partial charge in [-0.15, -0.1) is 0 Å². The number of carbonyl (C=O) groups excluding carboxylic acids is 1. The lowest BCUT2D eigenvalue weighted by Crippen LogP contribution is -2.31. The third kappa shape index (κ3) is 4.48. The highest BCUT2D eigenvalue weighted by Gasteiger charge is 2.13. The van der Waals surface area contributed by atoms with Gasteiger partial charge in [0.25, 0.3) is 5.91 Å². The zero-order valence-electron chi connectivity index (χ0n) is 13.1. The van der Waals surface area contributed by atoms with Crippen LogP contribution in [-0.2, 0) is 4.79 Å². The highest BCUT2D eigenvalue weighted by Crippen LogP contribution is 2.24. The van der Waals surface area contributed by atoms with E-state index >= 15 is 0 Å². The zero-order chi connectivity index (χ0) is 16.7. The van der Waals surface area contributed by atoms with Crippen molar-refractivity contribution in [1.82, 2.24) is 5.32 Å². The van der Waals surface area contributed by atoms with E-state index in [2.05, 4.69) is 5.32 Å². The maximum Gasteiger partial charge on any atom is 0.258 e. The van der Waals surface area contributed by atoms with Crippen LogP contribution in [0.3, 0.4) is 0 Å². The summed E-state index contributed by atoms with van der Waals surface area (Å²) in [6.07, 6.45) is 0. The second-order valence-electron chi connectivity index (χ2n) is 4.96. The van der Waals surface area contributed by atoms with Crippen LogP contribution in [0.15, 0.2) is 48.5 Å². The van der Waals surface area contributed by atoms with E-state index in [4.69, 9.17) is 14.7 Å². The van der Waals surface area contributed by atoms with Crippen LogP contribution < -0.4 is 14.8 Å². The summed E-state index contributed by atoms with van der Waals surface area (Å²) >= 11 is 0. The van der Waals surface area contributed by atoms with Crippen LogP contribution in [0.25, 0.3) is 0 Å². The molecular weight excluding hydrogens is 292 g/mol. The molecule has 0 spiro atoms. The molecule has 5 heteroatoms. The number of hydrogen-bond donors (Lipinski definition) is 1. The monoisotopic (exact) mass is 310 g/mol. The van der Waals surface area contributed by atoms with Crippen LogP contribution in [-0.4, -0.2) is 19.6 Å². The Bertz CT molecular complexity index is 705. The van der Waals surface area contributed by atoms with Gasteiger partial charge in [-0.1, -0.05) is 18.2 Å². The Kier molecular flexibility index (Phi) is 5.59. The minimum absolute atomic E-state index is 0.0919. The van der Waals surface area contributed by atoms with Crippen molar-refractivity contribution in [3.05, 3.63) is 59.7 Å². The molecule has 0 aliphatic heterocycles. The standard InChI is InChI=1S/C18H18N2O3/c1-13(16-5-3-4-6-17(16)22-2)20-18(21)12-23-15-9-7-14(11-19)8-10-15/h3-10,13H,12H2,1-2H3,(H,20,21). The summed E-state index contributed by atoms with van der Waals surface area (Å²) < 4.78 is 10.7. The fourth-order valence-electron chi connectivity index (χ4n) is 2.16. The number of methoxy groups -OCH3 is 1. The summed E-state index contributed by atoms with van der Waals surface area (Å²) in [5, 5.41) is 11.6. The Morgan fingerprint density at radius 3 is 2.57 bits per heavy atom. The molecule has 0 aliphatic rings. The SMILES string of the molecule is COc1ccccc1C(C)NC(=O)COc1ccc(C#N)cc1. The molecule has 2 aromatic carbocycles. The molecular formula is C18H18N2O3. The van der Waals surface area contributed by atoms with Crippen molar-refractivity contribution in [1.29, 1.82) is 5.26 Å². The number of amides is 1. The Morgan fingerprint density at radius 1 is 1.22 bits per heavy atom. The molecule has 2 aromatic rings. The number of carbonyl (C=O) groups is 1. The number of nitrogens with one attached hydrogen (secondary N) is 1. The predicted molar refractivity (Wildman–Crippen MR) is 86.2 cm³/mol. The first kappa shape index (κ1) is 16.4. The molecule has 5 nitrogen and oxygen atoms in total. The molecule has 2 rings (SSSR count). The van der Waals surface area contributed by atoms with Crippen molar-refractivity contribution in [2.24, 2.45) is 0 Å². The fourth-order valence-corrected chi connectivity index (χ4v) is 2.16. The summed E-state index contributed by atoms with van der Waals surface area (Å²) in [4.78, 5) is 12.0. The van der Waals surface area contributed by atoms with Crippen LogP contribution in [0.4, 0.5) is 0 Å². The maximum absolute atomic E-state index is 12.0. The van der Waals surface area contributed by atoms with E-state index in [-0.39, 0.29) is 18.6 Å². The Hall–Kier alpha value is -3.00. The first-order chi connectivity index (χ1) is 11.1. The Balaban J connectivity index is 1.90. The van der Waals surface area contributed by atoms with Crippen molar-refractivity contribution < 1.29 is 14.3 Å². The van der Waals surface area contributed by atoms with Crippen molar-refractivity contribution in [2.45, 2.75) is 13.0 Å². The highest BCUT2D eigenvalue weighted by molar-refractivity contribution is 5.78. The van der Waals surface area contributed by atoms with Crippen LogP contribution in [0.2, 0.25) is 0 Å².